The Hall–Kier alpha value is -2.15. The lowest BCUT2D eigenvalue weighted by Crippen LogP contribution is -2.37. The van der Waals surface area contributed by atoms with Crippen LogP contribution in [0.4, 0.5) is 0 Å². The fourth-order valence-corrected chi connectivity index (χ4v) is 2.55. The summed E-state index contributed by atoms with van der Waals surface area (Å²) in [5, 5.41) is 6.69. The van der Waals surface area contributed by atoms with Crippen LogP contribution in [-0.4, -0.2) is 33.3 Å². The topological polar surface area (TPSA) is 82.2 Å². The third-order valence-corrected chi connectivity index (χ3v) is 3.61. The van der Waals surface area contributed by atoms with Crippen molar-refractivity contribution >= 4 is 5.91 Å². The van der Waals surface area contributed by atoms with Crippen molar-refractivity contribution in [1.82, 2.24) is 20.0 Å². The number of aromatic nitrogens is 3. The summed E-state index contributed by atoms with van der Waals surface area (Å²) >= 11 is 0. The van der Waals surface area contributed by atoms with Crippen LogP contribution in [0.15, 0.2) is 23.0 Å². The van der Waals surface area contributed by atoms with Crippen LogP contribution in [0, 0.1) is 6.92 Å². The maximum atomic E-state index is 12.2. The third kappa shape index (κ3) is 2.69. The van der Waals surface area contributed by atoms with E-state index in [1.54, 1.807) is 19.2 Å². The summed E-state index contributed by atoms with van der Waals surface area (Å²) in [6, 6.07) is 1.51. The van der Waals surface area contributed by atoms with Gasteiger partial charge >= 0.3 is 0 Å². The summed E-state index contributed by atoms with van der Waals surface area (Å²) in [5.74, 6) is 1.21. The molecule has 3 rings (SSSR count). The van der Waals surface area contributed by atoms with Gasteiger partial charge in [-0.05, 0) is 20.3 Å². The summed E-state index contributed by atoms with van der Waals surface area (Å²) in [4.78, 5) is 16.5. The molecule has 0 radical (unpaired) electrons. The van der Waals surface area contributed by atoms with Crippen molar-refractivity contribution in [3.63, 3.8) is 0 Å². The van der Waals surface area contributed by atoms with Crippen LogP contribution in [-0.2, 0) is 11.3 Å². The zero-order valence-corrected chi connectivity index (χ0v) is 12.1. The smallest absolute Gasteiger partial charge is 0.273 e. The van der Waals surface area contributed by atoms with Crippen LogP contribution in [0.3, 0.4) is 0 Å². The molecule has 2 atom stereocenters. The first-order valence-corrected chi connectivity index (χ1v) is 7.06. The number of hydrogen-bond acceptors (Lipinski definition) is 5. The standard InChI is InChI=1S/C14H18N4O3/c1-3-18-6-5-15-13(18)12-10(4-7-20-12)16-14(19)11-8-9(2)21-17-11/h5-6,8,10,12H,3-4,7H2,1-2H3,(H,16,19)/t10-,12-/m0/s1. The number of amides is 1. The summed E-state index contributed by atoms with van der Waals surface area (Å²) in [6.45, 7) is 5.22. The highest BCUT2D eigenvalue weighted by Gasteiger charge is 2.34. The Balaban J connectivity index is 1.74. The monoisotopic (exact) mass is 290 g/mol. The quantitative estimate of drug-likeness (QED) is 0.921. The van der Waals surface area contributed by atoms with Crippen molar-refractivity contribution in [2.45, 2.75) is 39.0 Å². The Morgan fingerprint density at radius 2 is 2.43 bits per heavy atom. The number of imidazole rings is 1. The van der Waals surface area contributed by atoms with Crippen LogP contribution in [0.25, 0.3) is 0 Å². The number of carbonyl (C=O) groups is 1. The Labute approximate surface area is 122 Å². The number of hydrogen-bond donors (Lipinski definition) is 1. The van der Waals surface area contributed by atoms with Gasteiger partial charge in [0.15, 0.2) is 5.69 Å². The Kier molecular flexibility index (Phi) is 3.74. The van der Waals surface area contributed by atoms with Crippen LogP contribution in [0.5, 0.6) is 0 Å². The lowest BCUT2D eigenvalue weighted by Gasteiger charge is -2.19. The van der Waals surface area contributed by atoms with Gasteiger partial charge in [-0.3, -0.25) is 4.79 Å². The summed E-state index contributed by atoms with van der Waals surface area (Å²) in [5.41, 5.74) is 0.289. The van der Waals surface area contributed by atoms with E-state index in [4.69, 9.17) is 9.26 Å². The molecule has 0 aliphatic carbocycles. The SMILES string of the molecule is CCn1ccnc1[C@H]1OCC[C@@H]1NC(=O)c1cc(C)on1. The van der Waals surface area contributed by atoms with Gasteiger partial charge in [-0.2, -0.15) is 0 Å². The van der Waals surface area contributed by atoms with E-state index in [1.807, 2.05) is 17.7 Å². The predicted octanol–water partition coefficient (Wildman–Crippen LogP) is 1.46. The molecule has 1 aliphatic heterocycles. The highest BCUT2D eigenvalue weighted by atomic mass is 16.5. The number of nitrogens with zero attached hydrogens (tertiary/aromatic N) is 3. The average Bonchev–Trinajstić information content (AvgIpc) is 3.17. The van der Waals surface area contributed by atoms with E-state index in [0.29, 0.717) is 12.4 Å². The van der Waals surface area contributed by atoms with E-state index < -0.39 is 0 Å². The molecule has 1 N–H and O–H groups in total. The number of rotatable bonds is 4. The van der Waals surface area contributed by atoms with Crippen molar-refractivity contribution < 1.29 is 14.1 Å². The molecule has 0 bridgehead atoms. The van der Waals surface area contributed by atoms with Gasteiger partial charge in [0.05, 0.1) is 6.04 Å². The van der Waals surface area contributed by atoms with Gasteiger partial charge in [-0.25, -0.2) is 4.98 Å². The molecule has 2 aromatic rings. The molecule has 7 heteroatoms. The molecule has 0 unspecified atom stereocenters. The first kappa shape index (κ1) is 13.8. The second kappa shape index (κ2) is 5.69. The van der Waals surface area contributed by atoms with E-state index in [-0.39, 0.29) is 23.7 Å². The van der Waals surface area contributed by atoms with Crippen molar-refractivity contribution in [3.05, 3.63) is 35.7 Å². The normalized spacial score (nSPS) is 21.6. The van der Waals surface area contributed by atoms with E-state index in [2.05, 4.69) is 15.5 Å². The number of nitrogens with one attached hydrogen (secondary N) is 1. The van der Waals surface area contributed by atoms with Crippen LogP contribution in [0.1, 0.15) is 41.5 Å². The molecule has 0 saturated carbocycles. The second-order valence-corrected chi connectivity index (χ2v) is 5.05. The lowest BCUT2D eigenvalue weighted by atomic mass is 10.1. The summed E-state index contributed by atoms with van der Waals surface area (Å²) in [6.07, 6.45) is 4.19. The van der Waals surface area contributed by atoms with Gasteiger partial charge in [0.2, 0.25) is 0 Å². The fraction of sp³-hybridized carbons (Fsp3) is 0.500. The maximum absolute atomic E-state index is 12.2. The van der Waals surface area contributed by atoms with Gasteiger partial charge < -0.3 is 19.1 Å². The van der Waals surface area contributed by atoms with E-state index in [1.165, 1.54) is 0 Å². The molecule has 0 aromatic carbocycles. The molecule has 3 heterocycles. The largest absolute Gasteiger partial charge is 0.368 e. The molecular weight excluding hydrogens is 272 g/mol. The average molecular weight is 290 g/mol. The van der Waals surface area contributed by atoms with Crippen molar-refractivity contribution in [2.75, 3.05) is 6.61 Å². The highest BCUT2D eigenvalue weighted by molar-refractivity contribution is 5.92. The third-order valence-electron chi connectivity index (χ3n) is 3.61. The minimum Gasteiger partial charge on any atom is -0.368 e. The fourth-order valence-electron chi connectivity index (χ4n) is 2.55. The van der Waals surface area contributed by atoms with Crippen molar-refractivity contribution in [3.8, 4) is 0 Å². The zero-order chi connectivity index (χ0) is 14.8. The zero-order valence-electron chi connectivity index (χ0n) is 12.1. The minimum absolute atomic E-state index is 0.109. The van der Waals surface area contributed by atoms with E-state index >= 15 is 0 Å². The van der Waals surface area contributed by atoms with Crippen molar-refractivity contribution in [2.24, 2.45) is 0 Å². The number of ether oxygens (including phenoxy) is 1. The van der Waals surface area contributed by atoms with Crippen LogP contribution >= 0.6 is 0 Å². The van der Waals surface area contributed by atoms with Crippen LogP contribution in [0.2, 0.25) is 0 Å². The molecule has 1 amide bonds. The molecule has 112 valence electrons. The van der Waals surface area contributed by atoms with Crippen LogP contribution < -0.4 is 5.32 Å². The van der Waals surface area contributed by atoms with Gasteiger partial charge in [-0.15, -0.1) is 0 Å². The van der Waals surface area contributed by atoms with Gasteiger partial charge in [-0.1, -0.05) is 5.16 Å². The molecule has 1 fully saturated rings. The van der Waals surface area contributed by atoms with Gasteiger partial charge in [0.25, 0.3) is 5.91 Å². The molecular formula is C14H18N4O3. The number of carbonyl (C=O) groups excluding carboxylic acids is 1. The Morgan fingerprint density at radius 3 is 3.14 bits per heavy atom. The molecule has 7 nitrogen and oxygen atoms in total. The molecule has 21 heavy (non-hydrogen) atoms. The Bertz CT molecular complexity index is 634. The minimum atomic E-state index is -0.248. The number of aryl methyl sites for hydroxylation is 2. The van der Waals surface area contributed by atoms with Crippen molar-refractivity contribution in [1.29, 1.82) is 0 Å². The van der Waals surface area contributed by atoms with E-state index in [0.717, 1.165) is 18.8 Å². The molecule has 1 aliphatic rings. The summed E-state index contributed by atoms with van der Waals surface area (Å²) in [7, 11) is 0. The molecule has 1 saturated heterocycles. The maximum Gasteiger partial charge on any atom is 0.273 e. The Morgan fingerprint density at radius 1 is 1.57 bits per heavy atom. The first-order valence-electron chi connectivity index (χ1n) is 7.06. The second-order valence-electron chi connectivity index (χ2n) is 5.05. The molecule has 2 aromatic heterocycles. The molecule has 0 spiro atoms. The van der Waals surface area contributed by atoms with Gasteiger partial charge in [0, 0.05) is 31.6 Å². The first-order chi connectivity index (χ1) is 10.2. The predicted molar refractivity (Wildman–Crippen MR) is 73.7 cm³/mol. The lowest BCUT2D eigenvalue weighted by molar-refractivity contribution is 0.0770. The highest BCUT2D eigenvalue weighted by Crippen LogP contribution is 2.28. The van der Waals surface area contributed by atoms with Gasteiger partial charge in [0.1, 0.15) is 17.7 Å². The summed E-state index contributed by atoms with van der Waals surface area (Å²) < 4.78 is 12.7. The van der Waals surface area contributed by atoms with E-state index in [9.17, 15) is 4.79 Å².